The predicted octanol–water partition coefficient (Wildman–Crippen LogP) is 2.73. The molecule has 2 rings (SSSR count). The van der Waals surface area contributed by atoms with E-state index in [4.69, 9.17) is 4.74 Å². The summed E-state index contributed by atoms with van der Waals surface area (Å²) in [5, 5.41) is 0. The lowest BCUT2D eigenvalue weighted by atomic mass is 10.0. The third-order valence-corrected chi connectivity index (χ3v) is 2.90. The molecule has 1 aromatic heterocycles. The van der Waals surface area contributed by atoms with Gasteiger partial charge < -0.3 is 9.72 Å². The highest BCUT2D eigenvalue weighted by Gasteiger charge is 2.20. The molecule has 0 aliphatic rings. The highest BCUT2D eigenvalue weighted by atomic mass is 16.5. The molecule has 0 saturated heterocycles. The van der Waals surface area contributed by atoms with E-state index in [1.807, 2.05) is 18.2 Å². The molecule has 0 aliphatic heterocycles. The maximum atomic E-state index is 12.3. The molecule has 1 heterocycles. The van der Waals surface area contributed by atoms with Crippen molar-refractivity contribution in [1.82, 2.24) is 4.98 Å². The SMILES string of the molecule is CCOC(=O)c1[nH]cc(C(=O)c2ccccc2)c1C. The second kappa shape index (κ2) is 5.52. The van der Waals surface area contributed by atoms with Crippen LogP contribution in [0.5, 0.6) is 0 Å². The van der Waals surface area contributed by atoms with Crippen LogP contribution in [0.3, 0.4) is 0 Å². The van der Waals surface area contributed by atoms with Crippen LogP contribution >= 0.6 is 0 Å². The van der Waals surface area contributed by atoms with Gasteiger partial charge in [-0.05, 0) is 19.4 Å². The van der Waals surface area contributed by atoms with Crippen LogP contribution in [-0.2, 0) is 4.74 Å². The van der Waals surface area contributed by atoms with E-state index < -0.39 is 5.97 Å². The largest absolute Gasteiger partial charge is 0.461 e. The Morgan fingerprint density at radius 2 is 1.89 bits per heavy atom. The molecular formula is C15H15NO3. The van der Waals surface area contributed by atoms with Gasteiger partial charge >= 0.3 is 5.97 Å². The van der Waals surface area contributed by atoms with Gasteiger partial charge in [0, 0.05) is 17.3 Å². The third-order valence-electron chi connectivity index (χ3n) is 2.90. The summed E-state index contributed by atoms with van der Waals surface area (Å²) < 4.78 is 4.93. The summed E-state index contributed by atoms with van der Waals surface area (Å²) in [6, 6.07) is 8.96. The molecular weight excluding hydrogens is 242 g/mol. The molecule has 2 aromatic rings. The quantitative estimate of drug-likeness (QED) is 0.676. The van der Waals surface area contributed by atoms with Crippen molar-refractivity contribution in [3.63, 3.8) is 0 Å². The van der Waals surface area contributed by atoms with Crippen molar-refractivity contribution in [2.24, 2.45) is 0 Å². The Morgan fingerprint density at radius 3 is 2.53 bits per heavy atom. The van der Waals surface area contributed by atoms with Crippen LogP contribution in [-0.4, -0.2) is 23.3 Å². The number of nitrogens with one attached hydrogen (secondary N) is 1. The molecule has 0 aliphatic carbocycles. The number of carbonyl (C=O) groups is 2. The van der Waals surface area contributed by atoms with E-state index >= 15 is 0 Å². The van der Waals surface area contributed by atoms with Gasteiger partial charge in [0.1, 0.15) is 5.69 Å². The number of aromatic amines is 1. The van der Waals surface area contributed by atoms with E-state index in [9.17, 15) is 9.59 Å². The van der Waals surface area contributed by atoms with E-state index in [2.05, 4.69) is 4.98 Å². The van der Waals surface area contributed by atoms with Crippen molar-refractivity contribution in [2.45, 2.75) is 13.8 Å². The van der Waals surface area contributed by atoms with Gasteiger partial charge in [-0.25, -0.2) is 4.79 Å². The molecule has 19 heavy (non-hydrogen) atoms. The molecule has 1 aromatic carbocycles. The third kappa shape index (κ3) is 2.57. The Bertz CT molecular complexity index is 599. The summed E-state index contributed by atoms with van der Waals surface area (Å²) in [4.78, 5) is 26.8. The summed E-state index contributed by atoms with van der Waals surface area (Å²) in [5.41, 5.74) is 2.04. The van der Waals surface area contributed by atoms with Crippen molar-refractivity contribution >= 4 is 11.8 Å². The van der Waals surface area contributed by atoms with Gasteiger partial charge in [-0.2, -0.15) is 0 Å². The van der Waals surface area contributed by atoms with Gasteiger partial charge in [-0.3, -0.25) is 4.79 Å². The van der Waals surface area contributed by atoms with Crippen molar-refractivity contribution in [1.29, 1.82) is 0 Å². The fraction of sp³-hybridized carbons (Fsp3) is 0.200. The first-order valence-corrected chi connectivity index (χ1v) is 6.10. The minimum Gasteiger partial charge on any atom is -0.461 e. The number of ketones is 1. The Morgan fingerprint density at radius 1 is 1.21 bits per heavy atom. The molecule has 0 amide bonds. The monoisotopic (exact) mass is 257 g/mol. The van der Waals surface area contributed by atoms with E-state index in [0.29, 0.717) is 29.0 Å². The summed E-state index contributed by atoms with van der Waals surface area (Å²) in [5.74, 6) is -0.544. The van der Waals surface area contributed by atoms with Gasteiger partial charge in [-0.15, -0.1) is 0 Å². The Labute approximate surface area is 111 Å². The zero-order chi connectivity index (χ0) is 13.8. The number of esters is 1. The maximum absolute atomic E-state index is 12.3. The van der Waals surface area contributed by atoms with Crippen LogP contribution in [0.2, 0.25) is 0 Å². The lowest BCUT2D eigenvalue weighted by molar-refractivity contribution is 0.0519. The zero-order valence-corrected chi connectivity index (χ0v) is 10.9. The minimum atomic E-state index is -0.438. The number of aromatic nitrogens is 1. The Hall–Kier alpha value is -2.36. The fourth-order valence-electron chi connectivity index (χ4n) is 1.89. The lowest BCUT2D eigenvalue weighted by Crippen LogP contribution is -2.08. The number of hydrogen-bond donors (Lipinski definition) is 1. The summed E-state index contributed by atoms with van der Waals surface area (Å²) in [7, 11) is 0. The van der Waals surface area contributed by atoms with E-state index in [1.165, 1.54) is 0 Å². The van der Waals surface area contributed by atoms with Gasteiger partial charge in [0.05, 0.1) is 6.61 Å². The second-order valence-electron chi connectivity index (χ2n) is 4.12. The Kier molecular flexibility index (Phi) is 3.80. The molecule has 0 unspecified atom stereocenters. The molecule has 0 fully saturated rings. The Balaban J connectivity index is 2.32. The van der Waals surface area contributed by atoms with Crippen LogP contribution in [0.1, 0.15) is 38.9 Å². The normalized spacial score (nSPS) is 10.2. The van der Waals surface area contributed by atoms with Crippen LogP contribution in [0.15, 0.2) is 36.5 Å². The van der Waals surface area contributed by atoms with Crippen LogP contribution in [0.4, 0.5) is 0 Å². The first kappa shape index (κ1) is 13.1. The highest BCUT2D eigenvalue weighted by Crippen LogP contribution is 2.18. The van der Waals surface area contributed by atoms with E-state index in [0.717, 1.165) is 0 Å². The van der Waals surface area contributed by atoms with Crippen LogP contribution in [0, 0.1) is 6.92 Å². The molecule has 0 spiro atoms. The van der Waals surface area contributed by atoms with Crippen molar-refractivity contribution in [3.05, 3.63) is 58.9 Å². The molecule has 1 N–H and O–H groups in total. The molecule has 4 heteroatoms. The molecule has 0 radical (unpaired) electrons. The molecule has 0 saturated carbocycles. The smallest absolute Gasteiger partial charge is 0.355 e. The van der Waals surface area contributed by atoms with Gasteiger partial charge in [-0.1, -0.05) is 30.3 Å². The number of benzene rings is 1. The zero-order valence-electron chi connectivity index (χ0n) is 10.9. The molecule has 0 bridgehead atoms. The fourth-order valence-corrected chi connectivity index (χ4v) is 1.89. The number of ether oxygens (including phenoxy) is 1. The average molecular weight is 257 g/mol. The van der Waals surface area contributed by atoms with Crippen molar-refractivity contribution < 1.29 is 14.3 Å². The topological polar surface area (TPSA) is 59.2 Å². The summed E-state index contributed by atoms with van der Waals surface area (Å²) in [6.07, 6.45) is 1.55. The number of hydrogen-bond acceptors (Lipinski definition) is 3. The lowest BCUT2D eigenvalue weighted by Gasteiger charge is -2.02. The molecule has 0 atom stereocenters. The first-order chi connectivity index (χ1) is 9.15. The van der Waals surface area contributed by atoms with Crippen molar-refractivity contribution in [3.8, 4) is 0 Å². The number of carbonyl (C=O) groups excluding carboxylic acids is 2. The maximum Gasteiger partial charge on any atom is 0.355 e. The first-order valence-electron chi connectivity index (χ1n) is 6.10. The van der Waals surface area contributed by atoms with Gasteiger partial charge in [0.25, 0.3) is 0 Å². The van der Waals surface area contributed by atoms with Gasteiger partial charge in [0.15, 0.2) is 5.78 Å². The van der Waals surface area contributed by atoms with Crippen LogP contribution < -0.4 is 0 Å². The summed E-state index contributed by atoms with van der Waals surface area (Å²) in [6.45, 7) is 3.78. The minimum absolute atomic E-state index is 0.107. The number of rotatable bonds is 4. The highest BCUT2D eigenvalue weighted by molar-refractivity contribution is 6.11. The van der Waals surface area contributed by atoms with Crippen LogP contribution in [0.25, 0.3) is 0 Å². The van der Waals surface area contributed by atoms with E-state index in [-0.39, 0.29) is 5.78 Å². The second-order valence-corrected chi connectivity index (χ2v) is 4.12. The molecule has 98 valence electrons. The van der Waals surface area contributed by atoms with Gasteiger partial charge in [0.2, 0.25) is 0 Å². The van der Waals surface area contributed by atoms with E-state index in [1.54, 1.807) is 32.2 Å². The molecule has 4 nitrogen and oxygen atoms in total. The summed E-state index contributed by atoms with van der Waals surface area (Å²) >= 11 is 0. The standard InChI is InChI=1S/C15H15NO3/c1-3-19-15(18)13-10(2)12(9-16-13)14(17)11-7-5-4-6-8-11/h4-9,16H,3H2,1-2H3. The van der Waals surface area contributed by atoms with Crippen molar-refractivity contribution in [2.75, 3.05) is 6.61 Å². The number of H-pyrrole nitrogens is 1. The predicted molar refractivity (Wildman–Crippen MR) is 71.4 cm³/mol. The average Bonchev–Trinajstić information content (AvgIpc) is 2.81.